The molecule has 0 unspecified atom stereocenters. The molecule has 1 aliphatic rings. The highest BCUT2D eigenvalue weighted by Gasteiger charge is 2.17. The summed E-state index contributed by atoms with van der Waals surface area (Å²) < 4.78 is 0. The SMILES string of the molecule is CCCNC(=O)CN(C)C(=O)CN1CCCCCC1. The van der Waals surface area contributed by atoms with Crippen LogP contribution in [0.4, 0.5) is 0 Å². The predicted molar refractivity (Wildman–Crippen MR) is 75.8 cm³/mol. The third kappa shape index (κ3) is 6.57. The molecule has 0 bridgehead atoms. The maximum Gasteiger partial charge on any atom is 0.239 e. The number of likely N-dealkylation sites (N-methyl/N-ethyl adjacent to an activating group) is 1. The molecule has 0 aromatic rings. The molecule has 5 heteroatoms. The van der Waals surface area contributed by atoms with Gasteiger partial charge < -0.3 is 10.2 Å². The third-order valence-electron chi connectivity index (χ3n) is 3.44. The largest absolute Gasteiger partial charge is 0.355 e. The molecular weight excluding hydrogens is 242 g/mol. The van der Waals surface area contributed by atoms with Gasteiger partial charge in [-0.1, -0.05) is 19.8 Å². The van der Waals surface area contributed by atoms with Gasteiger partial charge in [0, 0.05) is 13.6 Å². The van der Waals surface area contributed by atoms with E-state index in [0.717, 1.165) is 19.5 Å². The van der Waals surface area contributed by atoms with E-state index in [1.807, 2.05) is 6.92 Å². The topological polar surface area (TPSA) is 52.7 Å². The van der Waals surface area contributed by atoms with Crippen LogP contribution in [0.15, 0.2) is 0 Å². The van der Waals surface area contributed by atoms with E-state index in [0.29, 0.717) is 13.1 Å². The van der Waals surface area contributed by atoms with Crippen LogP contribution in [0.2, 0.25) is 0 Å². The van der Waals surface area contributed by atoms with Crippen molar-refractivity contribution in [3.63, 3.8) is 0 Å². The highest BCUT2D eigenvalue weighted by atomic mass is 16.2. The van der Waals surface area contributed by atoms with E-state index < -0.39 is 0 Å². The molecule has 1 aliphatic heterocycles. The maximum atomic E-state index is 12.0. The van der Waals surface area contributed by atoms with Crippen molar-refractivity contribution in [1.82, 2.24) is 15.1 Å². The Kier molecular flexibility index (Phi) is 7.48. The summed E-state index contributed by atoms with van der Waals surface area (Å²) in [6, 6.07) is 0. The molecule has 19 heavy (non-hydrogen) atoms. The predicted octanol–water partition coefficient (Wildman–Crippen LogP) is 0.847. The van der Waals surface area contributed by atoms with E-state index in [-0.39, 0.29) is 18.4 Å². The molecule has 1 fully saturated rings. The molecule has 0 atom stereocenters. The van der Waals surface area contributed by atoms with Crippen LogP contribution in [0.1, 0.15) is 39.0 Å². The Morgan fingerprint density at radius 2 is 1.79 bits per heavy atom. The first-order valence-electron chi connectivity index (χ1n) is 7.36. The molecule has 1 N–H and O–H groups in total. The van der Waals surface area contributed by atoms with E-state index in [2.05, 4.69) is 10.2 Å². The zero-order valence-electron chi connectivity index (χ0n) is 12.3. The molecule has 5 nitrogen and oxygen atoms in total. The normalized spacial score (nSPS) is 16.7. The lowest BCUT2D eigenvalue weighted by Crippen LogP contribution is -2.43. The van der Waals surface area contributed by atoms with Gasteiger partial charge in [0.1, 0.15) is 0 Å². The summed E-state index contributed by atoms with van der Waals surface area (Å²) in [5, 5.41) is 2.79. The average molecular weight is 269 g/mol. The van der Waals surface area contributed by atoms with Crippen LogP contribution in [0.5, 0.6) is 0 Å². The Labute approximate surface area is 116 Å². The monoisotopic (exact) mass is 269 g/mol. The van der Waals surface area contributed by atoms with E-state index >= 15 is 0 Å². The van der Waals surface area contributed by atoms with Crippen LogP contribution in [0.25, 0.3) is 0 Å². The van der Waals surface area contributed by atoms with Crippen LogP contribution in [-0.4, -0.2) is 61.4 Å². The van der Waals surface area contributed by atoms with E-state index in [9.17, 15) is 9.59 Å². The number of rotatable bonds is 6. The average Bonchev–Trinajstić information content (AvgIpc) is 2.64. The zero-order chi connectivity index (χ0) is 14.1. The number of carbonyl (C=O) groups excluding carboxylic acids is 2. The molecule has 0 aromatic carbocycles. The van der Waals surface area contributed by atoms with Gasteiger partial charge in [-0.05, 0) is 32.4 Å². The second kappa shape index (κ2) is 8.91. The van der Waals surface area contributed by atoms with Gasteiger partial charge in [0.2, 0.25) is 11.8 Å². The first-order chi connectivity index (χ1) is 9.13. The molecular formula is C14H27N3O2. The van der Waals surface area contributed by atoms with E-state index in [1.165, 1.54) is 30.6 Å². The first kappa shape index (κ1) is 16.0. The van der Waals surface area contributed by atoms with Crippen molar-refractivity contribution in [2.24, 2.45) is 0 Å². The van der Waals surface area contributed by atoms with Gasteiger partial charge in [0.05, 0.1) is 13.1 Å². The summed E-state index contributed by atoms with van der Waals surface area (Å²) in [5.41, 5.74) is 0. The minimum absolute atomic E-state index is 0.0357. The number of carbonyl (C=O) groups is 2. The van der Waals surface area contributed by atoms with Gasteiger partial charge in [-0.15, -0.1) is 0 Å². The van der Waals surface area contributed by atoms with Crippen molar-refractivity contribution < 1.29 is 9.59 Å². The van der Waals surface area contributed by atoms with Crippen LogP contribution in [-0.2, 0) is 9.59 Å². The molecule has 110 valence electrons. The summed E-state index contributed by atoms with van der Waals surface area (Å²) in [7, 11) is 1.70. The number of hydrogen-bond donors (Lipinski definition) is 1. The minimum Gasteiger partial charge on any atom is -0.355 e. The van der Waals surface area contributed by atoms with Crippen molar-refractivity contribution in [2.75, 3.05) is 39.8 Å². The summed E-state index contributed by atoms with van der Waals surface area (Å²) in [6.07, 6.45) is 5.79. The van der Waals surface area contributed by atoms with Crippen LogP contribution < -0.4 is 5.32 Å². The Morgan fingerprint density at radius 1 is 1.16 bits per heavy atom. The lowest BCUT2D eigenvalue weighted by molar-refractivity contribution is -0.135. The quantitative estimate of drug-likeness (QED) is 0.777. The van der Waals surface area contributed by atoms with Gasteiger partial charge in [0.25, 0.3) is 0 Å². The summed E-state index contributed by atoms with van der Waals surface area (Å²) in [5.74, 6) is -0.0397. The molecule has 2 amide bonds. The Hall–Kier alpha value is -1.10. The lowest BCUT2D eigenvalue weighted by atomic mass is 10.2. The van der Waals surface area contributed by atoms with E-state index in [4.69, 9.17) is 0 Å². The van der Waals surface area contributed by atoms with Crippen molar-refractivity contribution in [3.8, 4) is 0 Å². The molecule has 0 saturated carbocycles. The van der Waals surface area contributed by atoms with Crippen LogP contribution >= 0.6 is 0 Å². The zero-order valence-corrected chi connectivity index (χ0v) is 12.3. The van der Waals surface area contributed by atoms with Gasteiger partial charge in [-0.2, -0.15) is 0 Å². The Balaban J connectivity index is 2.28. The van der Waals surface area contributed by atoms with Crippen molar-refractivity contribution in [2.45, 2.75) is 39.0 Å². The number of hydrogen-bond acceptors (Lipinski definition) is 3. The standard InChI is InChI=1S/C14H27N3O2/c1-3-8-15-13(18)11-16(2)14(19)12-17-9-6-4-5-7-10-17/h3-12H2,1-2H3,(H,15,18). The van der Waals surface area contributed by atoms with Gasteiger partial charge >= 0.3 is 0 Å². The number of nitrogens with zero attached hydrogens (tertiary/aromatic N) is 2. The fraction of sp³-hybridized carbons (Fsp3) is 0.857. The number of nitrogens with one attached hydrogen (secondary N) is 1. The molecule has 1 heterocycles. The van der Waals surface area contributed by atoms with Crippen LogP contribution in [0, 0.1) is 0 Å². The molecule has 0 aliphatic carbocycles. The minimum atomic E-state index is -0.0754. The van der Waals surface area contributed by atoms with Crippen molar-refractivity contribution in [1.29, 1.82) is 0 Å². The summed E-state index contributed by atoms with van der Waals surface area (Å²) in [6.45, 7) is 5.29. The van der Waals surface area contributed by atoms with Crippen molar-refractivity contribution in [3.05, 3.63) is 0 Å². The number of likely N-dealkylation sites (tertiary alicyclic amines) is 1. The fourth-order valence-electron chi connectivity index (χ4n) is 2.23. The maximum absolute atomic E-state index is 12.0. The highest BCUT2D eigenvalue weighted by molar-refractivity contribution is 5.85. The summed E-state index contributed by atoms with van der Waals surface area (Å²) >= 11 is 0. The lowest BCUT2D eigenvalue weighted by Gasteiger charge is -2.23. The molecule has 1 rings (SSSR count). The smallest absolute Gasteiger partial charge is 0.239 e. The van der Waals surface area contributed by atoms with Gasteiger partial charge in [0.15, 0.2) is 0 Å². The van der Waals surface area contributed by atoms with Gasteiger partial charge in [-0.3, -0.25) is 14.5 Å². The van der Waals surface area contributed by atoms with E-state index in [1.54, 1.807) is 7.05 Å². The molecule has 0 spiro atoms. The number of amides is 2. The fourth-order valence-corrected chi connectivity index (χ4v) is 2.23. The van der Waals surface area contributed by atoms with Crippen LogP contribution in [0.3, 0.4) is 0 Å². The second-order valence-electron chi connectivity index (χ2n) is 5.29. The Morgan fingerprint density at radius 3 is 2.37 bits per heavy atom. The molecule has 0 aromatic heterocycles. The van der Waals surface area contributed by atoms with Gasteiger partial charge in [-0.25, -0.2) is 0 Å². The highest BCUT2D eigenvalue weighted by Crippen LogP contribution is 2.09. The Bertz CT molecular complexity index is 286. The molecule has 1 saturated heterocycles. The second-order valence-corrected chi connectivity index (χ2v) is 5.29. The first-order valence-corrected chi connectivity index (χ1v) is 7.36. The summed E-state index contributed by atoms with van der Waals surface area (Å²) in [4.78, 5) is 27.3. The van der Waals surface area contributed by atoms with Crippen molar-refractivity contribution >= 4 is 11.8 Å². The third-order valence-corrected chi connectivity index (χ3v) is 3.44. The molecule has 0 radical (unpaired) electrons.